The lowest BCUT2D eigenvalue weighted by Gasteiger charge is -2.26. The molecule has 0 aliphatic carbocycles. The molecule has 2 aromatic rings. The van der Waals surface area contributed by atoms with Crippen molar-refractivity contribution < 1.29 is 0 Å². The van der Waals surface area contributed by atoms with E-state index < -0.39 is 0 Å². The molecule has 2 heteroatoms. The molecule has 0 saturated carbocycles. The van der Waals surface area contributed by atoms with Crippen LogP contribution in [0.15, 0.2) is 53.0 Å². The SMILES string of the molecule is Brc1ccc2c(c1)CC(c1ccccc1)CN2. The Morgan fingerprint density at radius 1 is 1.06 bits per heavy atom. The molecule has 3 rings (SSSR count). The molecule has 1 nitrogen and oxygen atoms in total. The lowest BCUT2D eigenvalue weighted by atomic mass is 9.88. The molecule has 1 atom stereocenters. The average molecular weight is 288 g/mol. The largest absolute Gasteiger partial charge is 0.384 e. The molecule has 0 aromatic heterocycles. The van der Waals surface area contributed by atoms with Crippen LogP contribution in [0.5, 0.6) is 0 Å². The minimum absolute atomic E-state index is 0.581. The smallest absolute Gasteiger partial charge is 0.0373 e. The van der Waals surface area contributed by atoms with Gasteiger partial charge in [-0.15, -0.1) is 0 Å². The summed E-state index contributed by atoms with van der Waals surface area (Å²) < 4.78 is 1.16. The van der Waals surface area contributed by atoms with Crippen LogP contribution in [0.25, 0.3) is 0 Å². The van der Waals surface area contributed by atoms with Crippen LogP contribution in [0.4, 0.5) is 5.69 Å². The molecule has 0 spiro atoms. The van der Waals surface area contributed by atoms with Gasteiger partial charge in [0.2, 0.25) is 0 Å². The van der Waals surface area contributed by atoms with Crippen molar-refractivity contribution in [1.82, 2.24) is 0 Å². The van der Waals surface area contributed by atoms with Gasteiger partial charge >= 0.3 is 0 Å². The fourth-order valence-corrected chi connectivity index (χ4v) is 2.84. The Bertz CT molecular complexity index is 522. The third-order valence-corrected chi connectivity index (χ3v) is 3.84. The van der Waals surface area contributed by atoms with Crippen LogP contribution in [0.3, 0.4) is 0 Å². The van der Waals surface area contributed by atoms with E-state index in [0.717, 1.165) is 17.4 Å². The molecule has 0 amide bonds. The summed E-state index contributed by atoms with van der Waals surface area (Å²) >= 11 is 3.54. The molecule has 86 valence electrons. The third-order valence-electron chi connectivity index (χ3n) is 3.34. The van der Waals surface area contributed by atoms with Crippen molar-refractivity contribution in [3.05, 3.63) is 64.1 Å². The molecule has 17 heavy (non-hydrogen) atoms. The van der Waals surface area contributed by atoms with E-state index in [1.807, 2.05) is 0 Å². The van der Waals surface area contributed by atoms with Crippen molar-refractivity contribution in [2.24, 2.45) is 0 Å². The Labute approximate surface area is 110 Å². The minimum Gasteiger partial charge on any atom is -0.384 e. The van der Waals surface area contributed by atoms with E-state index in [9.17, 15) is 0 Å². The number of nitrogens with one attached hydrogen (secondary N) is 1. The summed E-state index contributed by atoms with van der Waals surface area (Å²) in [5.74, 6) is 0.581. The second-order valence-electron chi connectivity index (χ2n) is 4.49. The second-order valence-corrected chi connectivity index (χ2v) is 5.41. The van der Waals surface area contributed by atoms with Crippen molar-refractivity contribution in [2.45, 2.75) is 12.3 Å². The molecular weight excluding hydrogens is 274 g/mol. The molecule has 1 aliphatic heterocycles. The number of hydrogen-bond acceptors (Lipinski definition) is 1. The van der Waals surface area contributed by atoms with Crippen LogP contribution >= 0.6 is 15.9 Å². The molecule has 1 unspecified atom stereocenters. The van der Waals surface area contributed by atoms with Crippen molar-refractivity contribution in [3.8, 4) is 0 Å². The highest BCUT2D eigenvalue weighted by atomic mass is 79.9. The summed E-state index contributed by atoms with van der Waals surface area (Å²) in [4.78, 5) is 0. The van der Waals surface area contributed by atoms with Gasteiger partial charge < -0.3 is 5.32 Å². The maximum atomic E-state index is 3.54. The van der Waals surface area contributed by atoms with Crippen LogP contribution in [0, 0.1) is 0 Å². The van der Waals surface area contributed by atoms with Gasteiger partial charge in [0.25, 0.3) is 0 Å². The zero-order valence-corrected chi connectivity index (χ0v) is 11.1. The number of hydrogen-bond donors (Lipinski definition) is 1. The topological polar surface area (TPSA) is 12.0 Å². The quantitative estimate of drug-likeness (QED) is 0.829. The van der Waals surface area contributed by atoms with E-state index in [1.165, 1.54) is 16.8 Å². The summed E-state index contributed by atoms with van der Waals surface area (Å²) in [6.45, 7) is 1.03. The van der Waals surface area contributed by atoms with Crippen LogP contribution in [-0.4, -0.2) is 6.54 Å². The lowest BCUT2D eigenvalue weighted by Crippen LogP contribution is -2.21. The van der Waals surface area contributed by atoms with Crippen molar-refractivity contribution >= 4 is 21.6 Å². The van der Waals surface area contributed by atoms with Gasteiger partial charge in [-0.25, -0.2) is 0 Å². The molecule has 2 aromatic carbocycles. The summed E-state index contributed by atoms with van der Waals surface area (Å²) in [5, 5.41) is 3.52. The number of halogens is 1. The van der Waals surface area contributed by atoms with Crippen molar-refractivity contribution in [3.63, 3.8) is 0 Å². The Kier molecular flexibility index (Phi) is 2.89. The number of anilines is 1. The van der Waals surface area contributed by atoms with Gasteiger partial charge in [-0.2, -0.15) is 0 Å². The molecule has 1 aliphatic rings. The number of rotatable bonds is 1. The fourth-order valence-electron chi connectivity index (χ4n) is 2.44. The number of fused-ring (bicyclic) bond motifs is 1. The van der Waals surface area contributed by atoms with Gasteiger partial charge in [0.15, 0.2) is 0 Å². The van der Waals surface area contributed by atoms with E-state index in [-0.39, 0.29) is 0 Å². The first kappa shape index (κ1) is 10.8. The lowest BCUT2D eigenvalue weighted by molar-refractivity contribution is 0.695. The molecule has 0 fully saturated rings. The van der Waals surface area contributed by atoms with Crippen LogP contribution in [-0.2, 0) is 6.42 Å². The Hall–Kier alpha value is -1.28. The summed E-state index contributed by atoms with van der Waals surface area (Å²) in [6.07, 6.45) is 1.12. The highest BCUT2D eigenvalue weighted by Gasteiger charge is 2.19. The maximum absolute atomic E-state index is 3.54. The normalized spacial score (nSPS) is 18.3. The van der Waals surface area contributed by atoms with Gasteiger partial charge in [-0.1, -0.05) is 46.3 Å². The summed E-state index contributed by atoms with van der Waals surface area (Å²) in [6, 6.07) is 17.2. The van der Waals surface area contributed by atoms with E-state index in [2.05, 4.69) is 69.8 Å². The standard InChI is InChI=1S/C15H14BrN/c16-14-6-7-15-12(9-14)8-13(10-17-15)11-4-2-1-3-5-11/h1-7,9,13,17H,8,10H2. The first-order chi connectivity index (χ1) is 8.33. The van der Waals surface area contributed by atoms with Crippen LogP contribution in [0.2, 0.25) is 0 Å². The highest BCUT2D eigenvalue weighted by Crippen LogP contribution is 2.32. The Balaban J connectivity index is 1.90. The third kappa shape index (κ3) is 2.22. The first-order valence-corrected chi connectivity index (χ1v) is 6.69. The molecule has 0 saturated heterocycles. The predicted octanol–water partition coefficient (Wildman–Crippen LogP) is 4.20. The molecular formula is C15H14BrN. The Morgan fingerprint density at radius 2 is 1.88 bits per heavy atom. The first-order valence-electron chi connectivity index (χ1n) is 5.90. The summed E-state index contributed by atoms with van der Waals surface area (Å²) in [7, 11) is 0. The van der Waals surface area contributed by atoms with E-state index in [0.29, 0.717) is 5.92 Å². The fraction of sp³-hybridized carbons (Fsp3) is 0.200. The maximum Gasteiger partial charge on any atom is 0.0373 e. The van der Waals surface area contributed by atoms with E-state index in [1.54, 1.807) is 0 Å². The average Bonchev–Trinajstić information content (AvgIpc) is 2.39. The highest BCUT2D eigenvalue weighted by molar-refractivity contribution is 9.10. The van der Waals surface area contributed by atoms with E-state index >= 15 is 0 Å². The van der Waals surface area contributed by atoms with E-state index in [4.69, 9.17) is 0 Å². The van der Waals surface area contributed by atoms with Crippen molar-refractivity contribution in [1.29, 1.82) is 0 Å². The molecule has 1 N–H and O–H groups in total. The monoisotopic (exact) mass is 287 g/mol. The summed E-state index contributed by atoms with van der Waals surface area (Å²) in [5.41, 5.74) is 4.10. The minimum atomic E-state index is 0.581. The molecule has 1 heterocycles. The molecule has 0 radical (unpaired) electrons. The van der Waals surface area contributed by atoms with Crippen molar-refractivity contribution in [2.75, 3.05) is 11.9 Å². The van der Waals surface area contributed by atoms with Gasteiger partial charge in [-0.3, -0.25) is 0 Å². The second kappa shape index (κ2) is 4.53. The zero-order valence-electron chi connectivity index (χ0n) is 9.49. The van der Waals surface area contributed by atoms with Crippen LogP contribution in [0.1, 0.15) is 17.0 Å². The molecule has 0 bridgehead atoms. The number of benzene rings is 2. The predicted molar refractivity (Wildman–Crippen MR) is 75.5 cm³/mol. The van der Waals surface area contributed by atoms with Gasteiger partial charge in [0.1, 0.15) is 0 Å². The van der Waals surface area contributed by atoms with Crippen LogP contribution < -0.4 is 5.32 Å². The van der Waals surface area contributed by atoms with Gasteiger partial charge in [-0.05, 0) is 35.7 Å². The van der Waals surface area contributed by atoms with Gasteiger partial charge in [0, 0.05) is 22.6 Å². The van der Waals surface area contributed by atoms with Gasteiger partial charge in [0.05, 0.1) is 0 Å². The zero-order chi connectivity index (χ0) is 11.7. The Morgan fingerprint density at radius 3 is 2.71 bits per heavy atom.